The third-order valence-electron chi connectivity index (χ3n) is 7.29. The Morgan fingerprint density at radius 2 is 1.82 bits per heavy atom. The molecule has 1 N–H and O–H groups in total. The van der Waals surface area contributed by atoms with Gasteiger partial charge in [0.1, 0.15) is 22.3 Å². The van der Waals surface area contributed by atoms with E-state index in [-0.39, 0.29) is 31.9 Å². The molecule has 0 bridgehead atoms. The summed E-state index contributed by atoms with van der Waals surface area (Å²) in [6, 6.07) is 12.1. The van der Waals surface area contributed by atoms with Crippen molar-refractivity contribution in [1.82, 2.24) is 15.2 Å². The largest absolute Gasteiger partial charge is 0.496 e. The van der Waals surface area contributed by atoms with Crippen LogP contribution in [0, 0.1) is 11.6 Å². The standard InChI is InChI=1S/C29H28ClF2N3O2S/c1-33-19-4-6-20(7-5-19)35(29(36)28-26(30)25-22(31)8-9-23(32)27(25)38-28)16-17-3-10-24(37-2)21(15-17)18-11-13-34-14-12-18/h3,8-15,19-20,33H,4-7,16H2,1-2H3. The third kappa shape index (κ3) is 5.13. The lowest BCUT2D eigenvalue weighted by Gasteiger charge is -2.37. The summed E-state index contributed by atoms with van der Waals surface area (Å²) in [5, 5.41) is 3.25. The van der Waals surface area contributed by atoms with Gasteiger partial charge in [0.05, 0.1) is 22.2 Å². The van der Waals surface area contributed by atoms with Gasteiger partial charge in [-0.3, -0.25) is 9.78 Å². The first kappa shape index (κ1) is 26.5. The lowest BCUT2D eigenvalue weighted by atomic mass is 9.89. The van der Waals surface area contributed by atoms with Crippen molar-refractivity contribution in [2.24, 2.45) is 0 Å². The topological polar surface area (TPSA) is 54.5 Å². The van der Waals surface area contributed by atoms with E-state index in [2.05, 4.69) is 10.3 Å². The first-order chi connectivity index (χ1) is 18.4. The van der Waals surface area contributed by atoms with Crippen LogP contribution in [0.15, 0.2) is 54.9 Å². The molecule has 2 aromatic carbocycles. The number of pyridine rings is 1. The van der Waals surface area contributed by atoms with Gasteiger partial charge in [0, 0.05) is 36.6 Å². The maximum atomic E-state index is 14.6. The molecule has 2 aromatic heterocycles. The monoisotopic (exact) mass is 555 g/mol. The molecule has 0 spiro atoms. The normalized spacial score (nSPS) is 17.5. The average molecular weight is 556 g/mol. The first-order valence-electron chi connectivity index (χ1n) is 12.5. The molecule has 0 radical (unpaired) electrons. The smallest absolute Gasteiger partial charge is 0.266 e. The molecule has 1 saturated carbocycles. The van der Waals surface area contributed by atoms with Crippen LogP contribution in [0.4, 0.5) is 8.78 Å². The van der Waals surface area contributed by atoms with Crippen LogP contribution in [-0.4, -0.2) is 42.0 Å². The molecular weight excluding hydrogens is 528 g/mol. The molecule has 38 heavy (non-hydrogen) atoms. The maximum Gasteiger partial charge on any atom is 0.266 e. The molecule has 0 aliphatic heterocycles. The van der Waals surface area contributed by atoms with Crippen molar-refractivity contribution in [3.05, 3.63) is 82.0 Å². The highest BCUT2D eigenvalue weighted by Crippen LogP contribution is 2.40. The number of amides is 1. The van der Waals surface area contributed by atoms with Crippen molar-refractivity contribution >= 4 is 38.9 Å². The third-order valence-corrected chi connectivity index (χ3v) is 8.97. The zero-order valence-electron chi connectivity index (χ0n) is 21.1. The van der Waals surface area contributed by atoms with E-state index in [9.17, 15) is 13.6 Å². The molecule has 0 unspecified atom stereocenters. The van der Waals surface area contributed by atoms with E-state index in [1.165, 1.54) is 0 Å². The van der Waals surface area contributed by atoms with E-state index in [1.807, 2.05) is 42.3 Å². The Morgan fingerprint density at radius 1 is 1.11 bits per heavy atom. The molecular formula is C29H28ClF2N3O2S. The summed E-state index contributed by atoms with van der Waals surface area (Å²) < 4.78 is 34.7. The van der Waals surface area contributed by atoms with Crippen LogP contribution in [0.3, 0.4) is 0 Å². The van der Waals surface area contributed by atoms with E-state index in [1.54, 1.807) is 19.5 Å². The number of benzene rings is 2. The van der Waals surface area contributed by atoms with E-state index < -0.39 is 11.6 Å². The number of hydrogen-bond donors (Lipinski definition) is 1. The summed E-state index contributed by atoms with van der Waals surface area (Å²) in [6.45, 7) is 0.325. The number of ether oxygens (including phenoxy) is 1. The fraction of sp³-hybridized carbons (Fsp3) is 0.310. The summed E-state index contributed by atoms with van der Waals surface area (Å²) in [4.78, 5) is 20.1. The minimum atomic E-state index is -0.639. The minimum Gasteiger partial charge on any atom is -0.496 e. The van der Waals surface area contributed by atoms with Gasteiger partial charge in [-0.2, -0.15) is 0 Å². The SMILES string of the molecule is CNC1CCC(N(Cc2ccc(OC)c(-c3ccncc3)c2)C(=O)c2sc3c(F)ccc(F)c3c2Cl)CC1. The van der Waals surface area contributed by atoms with Crippen LogP contribution < -0.4 is 10.1 Å². The van der Waals surface area contributed by atoms with Crippen molar-refractivity contribution in [3.8, 4) is 16.9 Å². The predicted molar refractivity (Wildman–Crippen MR) is 148 cm³/mol. The number of fused-ring (bicyclic) bond motifs is 1. The summed E-state index contributed by atoms with van der Waals surface area (Å²) in [7, 11) is 3.57. The molecule has 9 heteroatoms. The Balaban J connectivity index is 1.54. The fourth-order valence-electron chi connectivity index (χ4n) is 5.22. The molecule has 4 aromatic rings. The Morgan fingerprint density at radius 3 is 2.47 bits per heavy atom. The van der Waals surface area contributed by atoms with E-state index >= 15 is 0 Å². The second-order valence-corrected chi connectivity index (χ2v) is 10.9. The van der Waals surface area contributed by atoms with Crippen LogP contribution >= 0.6 is 22.9 Å². The summed E-state index contributed by atoms with van der Waals surface area (Å²) in [5.74, 6) is -0.833. The number of nitrogens with zero attached hydrogens (tertiary/aromatic N) is 2. The van der Waals surface area contributed by atoms with Crippen LogP contribution in [0.1, 0.15) is 40.9 Å². The maximum absolute atomic E-state index is 14.6. The van der Waals surface area contributed by atoms with Gasteiger partial charge in [0.25, 0.3) is 5.91 Å². The number of hydrogen-bond acceptors (Lipinski definition) is 5. The van der Waals surface area contributed by atoms with Gasteiger partial charge in [-0.25, -0.2) is 8.78 Å². The highest BCUT2D eigenvalue weighted by molar-refractivity contribution is 7.21. The van der Waals surface area contributed by atoms with Gasteiger partial charge in [-0.05, 0) is 80.3 Å². The van der Waals surface area contributed by atoms with Gasteiger partial charge in [0.15, 0.2) is 0 Å². The number of halogens is 3. The second kappa shape index (κ2) is 11.4. The Hall–Kier alpha value is -3.07. The van der Waals surface area contributed by atoms with Crippen molar-refractivity contribution in [2.45, 2.75) is 44.3 Å². The van der Waals surface area contributed by atoms with Gasteiger partial charge in [-0.1, -0.05) is 17.7 Å². The van der Waals surface area contributed by atoms with Crippen LogP contribution in [0.25, 0.3) is 21.2 Å². The quantitative estimate of drug-likeness (QED) is 0.265. The molecule has 198 valence electrons. The average Bonchev–Trinajstić information content (AvgIpc) is 3.32. The molecule has 0 atom stereocenters. The number of methoxy groups -OCH3 is 1. The number of thiophene rings is 1. The predicted octanol–water partition coefficient (Wildman–Crippen LogP) is 7.08. The highest BCUT2D eigenvalue weighted by atomic mass is 35.5. The summed E-state index contributed by atoms with van der Waals surface area (Å²) in [5.41, 5.74) is 2.75. The first-order valence-corrected chi connectivity index (χ1v) is 13.7. The zero-order chi connectivity index (χ0) is 26.8. The molecule has 1 aliphatic rings. The summed E-state index contributed by atoms with van der Waals surface area (Å²) in [6.07, 6.45) is 6.93. The zero-order valence-corrected chi connectivity index (χ0v) is 22.7. The van der Waals surface area contributed by atoms with Gasteiger partial charge in [0.2, 0.25) is 0 Å². The van der Waals surface area contributed by atoms with Crippen LogP contribution in [0.2, 0.25) is 5.02 Å². The number of rotatable bonds is 7. The lowest BCUT2D eigenvalue weighted by molar-refractivity contribution is 0.0606. The van der Waals surface area contributed by atoms with Crippen molar-refractivity contribution in [2.75, 3.05) is 14.2 Å². The van der Waals surface area contributed by atoms with Crippen LogP contribution in [-0.2, 0) is 6.54 Å². The number of nitrogens with one attached hydrogen (secondary N) is 1. The molecule has 1 fully saturated rings. The van der Waals surface area contributed by atoms with Crippen molar-refractivity contribution in [1.29, 1.82) is 0 Å². The van der Waals surface area contributed by atoms with E-state index in [0.717, 1.165) is 65.8 Å². The highest BCUT2D eigenvalue weighted by Gasteiger charge is 2.32. The van der Waals surface area contributed by atoms with Crippen molar-refractivity contribution < 1.29 is 18.3 Å². The number of carbonyl (C=O) groups excluding carboxylic acids is 1. The molecule has 1 amide bonds. The number of aromatic nitrogens is 1. The molecule has 0 saturated heterocycles. The minimum absolute atomic E-state index is 0.0328. The molecule has 1 aliphatic carbocycles. The van der Waals surface area contributed by atoms with E-state index in [0.29, 0.717) is 18.3 Å². The Kier molecular flexibility index (Phi) is 7.93. The van der Waals surface area contributed by atoms with E-state index in [4.69, 9.17) is 16.3 Å². The molecule has 5 rings (SSSR count). The van der Waals surface area contributed by atoms with Gasteiger partial charge >= 0.3 is 0 Å². The Labute approximate surface area is 229 Å². The fourth-order valence-corrected chi connectivity index (χ4v) is 6.72. The number of carbonyl (C=O) groups is 1. The molecule has 2 heterocycles. The van der Waals surface area contributed by atoms with Gasteiger partial charge < -0.3 is 15.0 Å². The van der Waals surface area contributed by atoms with Gasteiger partial charge in [-0.15, -0.1) is 11.3 Å². The Bertz CT molecular complexity index is 1460. The lowest BCUT2D eigenvalue weighted by Crippen LogP contribution is -2.44. The van der Waals surface area contributed by atoms with Crippen LogP contribution in [0.5, 0.6) is 5.75 Å². The van der Waals surface area contributed by atoms with Crippen molar-refractivity contribution in [3.63, 3.8) is 0 Å². The molecule has 5 nitrogen and oxygen atoms in total. The summed E-state index contributed by atoms with van der Waals surface area (Å²) >= 11 is 7.44. The second-order valence-electron chi connectivity index (χ2n) is 9.48.